The Labute approximate surface area is 50.6 Å². The Morgan fingerprint density at radius 1 is 1.62 bits per heavy atom. The average Bonchev–Trinajstić information content (AvgIpc) is 2.51. The van der Waals surface area contributed by atoms with Crippen molar-refractivity contribution < 1.29 is 0 Å². The van der Waals surface area contributed by atoms with Crippen LogP contribution in [-0.2, 0) is 0 Å². The molecule has 0 N–H and O–H groups in total. The van der Waals surface area contributed by atoms with Crippen LogP contribution in [0.4, 0.5) is 0 Å². The predicted molar refractivity (Wildman–Crippen MR) is 34.4 cm³/mol. The summed E-state index contributed by atoms with van der Waals surface area (Å²) < 4.78 is 0. The van der Waals surface area contributed by atoms with E-state index in [0.29, 0.717) is 0 Å². The van der Waals surface area contributed by atoms with E-state index < -0.39 is 0 Å². The Morgan fingerprint density at radius 2 is 2.12 bits per heavy atom. The van der Waals surface area contributed by atoms with Gasteiger partial charge in [-0.15, -0.1) is 6.58 Å². The van der Waals surface area contributed by atoms with Crippen molar-refractivity contribution in [3.63, 3.8) is 0 Å². The van der Waals surface area contributed by atoms with E-state index in [0.717, 1.165) is 23.2 Å². The molecule has 2 rings (SSSR count). The van der Waals surface area contributed by atoms with Crippen molar-refractivity contribution in [1.82, 2.24) is 0 Å². The van der Waals surface area contributed by atoms with Gasteiger partial charge >= 0.3 is 0 Å². The predicted octanol–water partition coefficient (Wildman–Crippen LogP) is 2.07. The Kier molecular flexibility index (Phi) is 0.516. The van der Waals surface area contributed by atoms with Crippen LogP contribution in [0.3, 0.4) is 0 Å². The van der Waals surface area contributed by atoms with Crippen LogP contribution < -0.4 is 0 Å². The Bertz CT molecular complexity index is 148. The molecular weight excluding hydrogens is 96.1 g/mol. The van der Waals surface area contributed by atoms with Gasteiger partial charge < -0.3 is 0 Å². The first-order valence-corrected chi connectivity index (χ1v) is 3.35. The fourth-order valence-corrected chi connectivity index (χ4v) is 2.29. The smallest absolute Gasteiger partial charge is 0.0140 e. The average molecular weight is 108 g/mol. The third-order valence-corrected chi connectivity index (χ3v) is 3.38. The lowest BCUT2D eigenvalue weighted by molar-refractivity contribution is 0.481. The summed E-state index contributed by atoms with van der Waals surface area (Å²) in [6, 6.07) is 0. The highest BCUT2D eigenvalue weighted by molar-refractivity contribution is 5.32. The maximum atomic E-state index is 3.78. The van der Waals surface area contributed by atoms with Crippen molar-refractivity contribution in [1.29, 1.82) is 0 Å². The summed E-state index contributed by atoms with van der Waals surface area (Å²) in [5, 5.41) is 0. The van der Waals surface area contributed by atoms with Crippen LogP contribution in [0.25, 0.3) is 0 Å². The summed E-state index contributed by atoms with van der Waals surface area (Å²) in [5.41, 5.74) is 0.724. The van der Waals surface area contributed by atoms with Crippen LogP contribution in [-0.4, -0.2) is 0 Å². The monoisotopic (exact) mass is 108 g/mol. The fourth-order valence-electron chi connectivity index (χ4n) is 2.29. The minimum absolute atomic E-state index is 0.724. The molecule has 2 aliphatic carbocycles. The molecule has 0 aliphatic heterocycles. The zero-order valence-electron chi connectivity index (χ0n) is 5.52. The number of allylic oxidation sites excluding steroid dienone is 1. The van der Waals surface area contributed by atoms with Gasteiger partial charge in [-0.25, -0.2) is 0 Å². The molecule has 0 bridgehead atoms. The summed E-state index contributed by atoms with van der Waals surface area (Å²) >= 11 is 0. The van der Waals surface area contributed by atoms with E-state index in [2.05, 4.69) is 26.5 Å². The van der Waals surface area contributed by atoms with E-state index in [1.807, 2.05) is 0 Å². The Balaban J connectivity index is 2.11. The highest BCUT2D eigenvalue weighted by Crippen LogP contribution is 2.83. The van der Waals surface area contributed by atoms with Crippen LogP contribution in [0.5, 0.6) is 0 Å². The van der Waals surface area contributed by atoms with Crippen LogP contribution in [0.15, 0.2) is 12.7 Å². The molecular formula is C8H12. The maximum Gasteiger partial charge on any atom is -0.0140 e. The molecule has 0 spiro atoms. The molecule has 2 aliphatic rings. The van der Waals surface area contributed by atoms with Crippen molar-refractivity contribution >= 4 is 0 Å². The largest absolute Gasteiger partial charge is 0.103 e. The third kappa shape index (κ3) is 0.229. The van der Waals surface area contributed by atoms with Gasteiger partial charge in [-0.3, -0.25) is 0 Å². The summed E-state index contributed by atoms with van der Waals surface area (Å²) in [5.74, 6) is 2.92. The molecule has 4 atom stereocenters. The van der Waals surface area contributed by atoms with Gasteiger partial charge in [0.05, 0.1) is 0 Å². The van der Waals surface area contributed by atoms with Crippen molar-refractivity contribution in [2.24, 2.45) is 23.2 Å². The topological polar surface area (TPSA) is 0 Å². The van der Waals surface area contributed by atoms with Crippen molar-refractivity contribution in [2.75, 3.05) is 0 Å². The van der Waals surface area contributed by atoms with E-state index in [1.54, 1.807) is 0 Å². The molecule has 44 valence electrons. The van der Waals surface area contributed by atoms with E-state index >= 15 is 0 Å². The van der Waals surface area contributed by atoms with Crippen LogP contribution in [0, 0.1) is 23.2 Å². The lowest BCUT2D eigenvalue weighted by Gasteiger charge is -2.05. The minimum Gasteiger partial charge on any atom is -0.103 e. The standard InChI is InChI=1S/C8H12/c1-4-6-7-5(2)8(6,7)3/h4-7H,1H2,2-3H3. The number of fused-ring (bicyclic) bond motifs is 1. The molecule has 4 unspecified atom stereocenters. The van der Waals surface area contributed by atoms with Crippen molar-refractivity contribution in [2.45, 2.75) is 13.8 Å². The molecule has 0 nitrogen and oxygen atoms in total. The van der Waals surface area contributed by atoms with Crippen LogP contribution in [0.1, 0.15) is 13.8 Å². The van der Waals surface area contributed by atoms with E-state index in [1.165, 1.54) is 0 Å². The lowest BCUT2D eigenvalue weighted by Crippen LogP contribution is -1.99. The van der Waals surface area contributed by atoms with Gasteiger partial charge in [0.25, 0.3) is 0 Å². The second kappa shape index (κ2) is 0.896. The molecule has 0 heteroatoms. The molecule has 2 saturated carbocycles. The Hall–Kier alpha value is -0.260. The first-order valence-electron chi connectivity index (χ1n) is 3.35. The highest BCUT2D eigenvalue weighted by Gasteiger charge is 2.79. The SMILES string of the molecule is C=CC1C2C(C)C12C. The highest BCUT2D eigenvalue weighted by atomic mass is 14.8. The lowest BCUT2D eigenvalue weighted by atomic mass is 9.99. The van der Waals surface area contributed by atoms with Gasteiger partial charge in [-0.2, -0.15) is 0 Å². The molecule has 0 aromatic heterocycles. The second-order valence-electron chi connectivity index (χ2n) is 3.44. The van der Waals surface area contributed by atoms with Crippen LogP contribution >= 0.6 is 0 Å². The summed E-state index contributed by atoms with van der Waals surface area (Å²) in [6.45, 7) is 8.49. The minimum atomic E-state index is 0.724. The van der Waals surface area contributed by atoms with Crippen LogP contribution in [0.2, 0.25) is 0 Å². The third-order valence-electron chi connectivity index (χ3n) is 3.38. The molecule has 8 heavy (non-hydrogen) atoms. The second-order valence-corrected chi connectivity index (χ2v) is 3.44. The van der Waals surface area contributed by atoms with Gasteiger partial charge in [0, 0.05) is 0 Å². The van der Waals surface area contributed by atoms with Crippen molar-refractivity contribution in [3.05, 3.63) is 12.7 Å². The fraction of sp³-hybridized carbons (Fsp3) is 0.750. The number of rotatable bonds is 1. The molecule has 0 saturated heterocycles. The van der Waals surface area contributed by atoms with Gasteiger partial charge in [0.1, 0.15) is 0 Å². The van der Waals surface area contributed by atoms with E-state index in [-0.39, 0.29) is 0 Å². The van der Waals surface area contributed by atoms with Gasteiger partial charge in [-0.1, -0.05) is 19.9 Å². The van der Waals surface area contributed by atoms with Gasteiger partial charge in [0.2, 0.25) is 0 Å². The summed E-state index contributed by atoms with van der Waals surface area (Å²) in [4.78, 5) is 0. The van der Waals surface area contributed by atoms with Gasteiger partial charge in [-0.05, 0) is 23.2 Å². The normalized spacial score (nSPS) is 66.5. The number of hydrogen-bond donors (Lipinski definition) is 0. The maximum absolute atomic E-state index is 3.78. The zero-order valence-corrected chi connectivity index (χ0v) is 5.52. The Morgan fingerprint density at radius 3 is 2.25 bits per heavy atom. The first-order chi connectivity index (χ1) is 3.73. The molecule has 2 fully saturated rings. The molecule has 0 radical (unpaired) electrons. The summed E-state index contributed by atoms with van der Waals surface area (Å²) in [6.07, 6.45) is 2.12. The van der Waals surface area contributed by atoms with E-state index in [4.69, 9.17) is 0 Å². The quantitative estimate of drug-likeness (QED) is 0.451. The molecule has 0 amide bonds. The molecule has 0 aromatic rings. The molecule has 0 heterocycles. The number of hydrogen-bond acceptors (Lipinski definition) is 0. The first kappa shape index (κ1) is 4.60. The zero-order chi connectivity index (χ0) is 5.94. The van der Waals surface area contributed by atoms with Crippen molar-refractivity contribution in [3.8, 4) is 0 Å². The molecule has 0 aromatic carbocycles. The summed E-state index contributed by atoms with van der Waals surface area (Å²) in [7, 11) is 0. The van der Waals surface area contributed by atoms with E-state index in [9.17, 15) is 0 Å². The van der Waals surface area contributed by atoms with Gasteiger partial charge in [0.15, 0.2) is 0 Å².